The van der Waals surface area contributed by atoms with E-state index < -0.39 is 17.4 Å². The summed E-state index contributed by atoms with van der Waals surface area (Å²) < 4.78 is 14.6. The number of thiophene rings is 1. The third kappa shape index (κ3) is 3.55. The molecule has 1 heterocycles. The summed E-state index contributed by atoms with van der Waals surface area (Å²) in [6.07, 6.45) is 0. The summed E-state index contributed by atoms with van der Waals surface area (Å²) in [7, 11) is 0. The maximum Gasteiger partial charge on any atom is 0.319 e. The van der Waals surface area contributed by atoms with Gasteiger partial charge in [-0.1, -0.05) is 30.3 Å². The number of para-hydroxylation sites is 1. The molecule has 0 saturated carbocycles. The zero-order valence-electron chi connectivity index (χ0n) is 13.0. The van der Waals surface area contributed by atoms with Crippen LogP contribution in [0.4, 0.5) is 14.9 Å². The lowest BCUT2D eigenvalue weighted by Gasteiger charge is -2.22. The van der Waals surface area contributed by atoms with Crippen molar-refractivity contribution < 1.29 is 14.3 Å². The number of hydrogen-bond acceptors (Lipinski definition) is 3. The zero-order valence-corrected chi connectivity index (χ0v) is 13.9. The fourth-order valence-electron chi connectivity index (χ4n) is 2.32. The van der Waals surface area contributed by atoms with Gasteiger partial charge in [0.25, 0.3) is 0 Å². The number of fused-ring (bicyclic) bond motifs is 1. The highest BCUT2D eigenvalue weighted by Gasteiger charge is 2.26. The molecule has 0 aliphatic rings. The number of urea groups is 1. The van der Waals surface area contributed by atoms with Crippen LogP contribution >= 0.6 is 11.3 Å². The zero-order chi connectivity index (χ0) is 17.2. The van der Waals surface area contributed by atoms with Crippen molar-refractivity contribution in [2.45, 2.75) is 12.5 Å². The normalized spacial score (nSPS) is 13.5. The van der Waals surface area contributed by atoms with Gasteiger partial charge in [0, 0.05) is 9.58 Å². The monoisotopic (exact) mass is 344 g/mol. The molecule has 4 nitrogen and oxygen atoms in total. The van der Waals surface area contributed by atoms with Gasteiger partial charge >= 0.3 is 6.03 Å². The lowest BCUT2D eigenvalue weighted by atomic mass is 10.0. The smallest absolute Gasteiger partial charge is 0.319 e. The molecule has 0 radical (unpaired) electrons. The summed E-state index contributed by atoms with van der Waals surface area (Å²) in [5.74, 6) is -0.510. The molecule has 3 aromatic rings. The predicted molar refractivity (Wildman–Crippen MR) is 94.8 cm³/mol. The van der Waals surface area contributed by atoms with Crippen LogP contribution in [-0.2, 0) is 5.60 Å². The summed E-state index contributed by atoms with van der Waals surface area (Å²) >= 11 is 1.48. The van der Waals surface area contributed by atoms with Gasteiger partial charge in [-0.2, -0.15) is 0 Å². The fraction of sp³-hybridized carbons (Fsp3) is 0.167. The van der Waals surface area contributed by atoms with Gasteiger partial charge in [0.05, 0.1) is 12.2 Å². The molecule has 1 aromatic heterocycles. The summed E-state index contributed by atoms with van der Waals surface area (Å²) in [6.45, 7) is 1.65. The van der Waals surface area contributed by atoms with Crippen LogP contribution in [0.1, 0.15) is 11.8 Å². The molecule has 1 unspecified atom stereocenters. The Balaban J connectivity index is 1.66. The second-order valence-electron chi connectivity index (χ2n) is 5.71. The van der Waals surface area contributed by atoms with Crippen molar-refractivity contribution in [3.8, 4) is 0 Å². The first-order valence-corrected chi connectivity index (χ1v) is 8.28. The number of hydrogen-bond donors (Lipinski definition) is 3. The number of rotatable bonds is 4. The lowest BCUT2D eigenvalue weighted by molar-refractivity contribution is 0.0638. The molecule has 0 fully saturated rings. The second kappa shape index (κ2) is 6.59. The van der Waals surface area contributed by atoms with E-state index in [-0.39, 0.29) is 12.2 Å². The molecule has 0 aliphatic carbocycles. The summed E-state index contributed by atoms with van der Waals surface area (Å²) in [5, 5.41) is 16.7. The molecule has 3 rings (SSSR count). The van der Waals surface area contributed by atoms with E-state index in [4.69, 9.17) is 0 Å². The molecule has 24 heavy (non-hydrogen) atoms. The molecule has 3 N–H and O–H groups in total. The average molecular weight is 344 g/mol. The van der Waals surface area contributed by atoms with E-state index in [0.29, 0.717) is 0 Å². The maximum absolute atomic E-state index is 13.5. The quantitative estimate of drug-likeness (QED) is 0.668. The Kier molecular flexibility index (Phi) is 4.51. The molecule has 0 aliphatic heterocycles. The third-order valence-corrected chi connectivity index (χ3v) is 5.04. The summed E-state index contributed by atoms with van der Waals surface area (Å²) in [5.41, 5.74) is -1.12. The minimum Gasteiger partial charge on any atom is -0.383 e. The van der Waals surface area contributed by atoms with E-state index in [1.807, 2.05) is 30.3 Å². The number of halogens is 1. The number of amides is 2. The molecule has 1 atom stereocenters. The van der Waals surface area contributed by atoms with Gasteiger partial charge in [-0.25, -0.2) is 9.18 Å². The van der Waals surface area contributed by atoms with Gasteiger partial charge in [-0.05, 0) is 36.6 Å². The Hall–Kier alpha value is -2.44. The first kappa shape index (κ1) is 16.4. The topological polar surface area (TPSA) is 61.4 Å². The number of carbonyl (C=O) groups is 1. The SMILES string of the molecule is CC(O)(CNC(=O)Nc1ccccc1F)c1cc2ccccc2s1. The van der Waals surface area contributed by atoms with Crippen LogP contribution in [0.25, 0.3) is 10.1 Å². The van der Waals surface area contributed by atoms with Gasteiger partial charge in [0.1, 0.15) is 11.4 Å². The van der Waals surface area contributed by atoms with E-state index >= 15 is 0 Å². The van der Waals surface area contributed by atoms with Crippen molar-refractivity contribution >= 4 is 33.1 Å². The Morgan fingerprint density at radius 2 is 1.92 bits per heavy atom. The van der Waals surface area contributed by atoms with Gasteiger partial charge in [-0.3, -0.25) is 0 Å². The van der Waals surface area contributed by atoms with Gasteiger partial charge in [0.2, 0.25) is 0 Å². The molecule has 2 amide bonds. The lowest BCUT2D eigenvalue weighted by Crippen LogP contribution is -2.40. The number of carbonyl (C=O) groups excluding carboxylic acids is 1. The minimum atomic E-state index is -1.21. The van der Waals surface area contributed by atoms with Crippen molar-refractivity contribution in [2.75, 3.05) is 11.9 Å². The molecule has 124 valence electrons. The molecule has 6 heteroatoms. The van der Waals surface area contributed by atoms with Crippen molar-refractivity contribution in [3.63, 3.8) is 0 Å². The molecule has 2 aromatic carbocycles. The Labute approximate surface area is 142 Å². The van der Waals surface area contributed by atoms with Crippen molar-refractivity contribution in [2.24, 2.45) is 0 Å². The van der Waals surface area contributed by atoms with Gasteiger partial charge < -0.3 is 15.7 Å². The van der Waals surface area contributed by atoms with Crippen molar-refractivity contribution in [3.05, 3.63) is 65.3 Å². The Morgan fingerprint density at radius 1 is 1.21 bits per heavy atom. The maximum atomic E-state index is 13.5. The highest BCUT2D eigenvalue weighted by molar-refractivity contribution is 7.19. The van der Waals surface area contributed by atoms with E-state index in [1.165, 1.54) is 23.5 Å². The minimum absolute atomic E-state index is 0.0140. The predicted octanol–water partition coefficient (Wildman–Crippen LogP) is 4.07. The van der Waals surface area contributed by atoms with Crippen LogP contribution in [0.15, 0.2) is 54.6 Å². The van der Waals surface area contributed by atoms with Gasteiger partial charge in [-0.15, -0.1) is 11.3 Å². The molecule has 0 saturated heterocycles. The first-order valence-electron chi connectivity index (χ1n) is 7.46. The number of aliphatic hydroxyl groups is 1. The van der Waals surface area contributed by atoms with E-state index in [2.05, 4.69) is 10.6 Å². The number of anilines is 1. The Bertz CT molecular complexity index is 843. The number of benzene rings is 2. The number of nitrogens with one attached hydrogen (secondary N) is 2. The van der Waals surface area contributed by atoms with E-state index in [1.54, 1.807) is 19.1 Å². The van der Waals surface area contributed by atoms with Crippen LogP contribution in [0.3, 0.4) is 0 Å². The van der Waals surface area contributed by atoms with Crippen LogP contribution in [0.2, 0.25) is 0 Å². The summed E-state index contributed by atoms with van der Waals surface area (Å²) in [6, 6.07) is 15.1. The summed E-state index contributed by atoms with van der Waals surface area (Å²) in [4.78, 5) is 12.7. The second-order valence-corrected chi connectivity index (χ2v) is 6.79. The third-order valence-electron chi connectivity index (χ3n) is 3.67. The van der Waals surface area contributed by atoms with Crippen molar-refractivity contribution in [1.29, 1.82) is 0 Å². The highest BCUT2D eigenvalue weighted by atomic mass is 32.1. The molecular formula is C18H17FN2O2S. The van der Waals surface area contributed by atoms with Crippen LogP contribution in [0, 0.1) is 5.82 Å². The van der Waals surface area contributed by atoms with Crippen LogP contribution in [0.5, 0.6) is 0 Å². The standard InChI is InChI=1S/C18H17FN2O2S/c1-18(23,16-10-12-6-2-5-9-15(12)24-16)11-20-17(22)21-14-8-4-3-7-13(14)19/h2-10,23H,11H2,1H3,(H2,20,21,22). The van der Waals surface area contributed by atoms with E-state index in [9.17, 15) is 14.3 Å². The van der Waals surface area contributed by atoms with Gasteiger partial charge in [0.15, 0.2) is 0 Å². The first-order chi connectivity index (χ1) is 11.5. The van der Waals surface area contributed by atoms with Crippen LogP contribution in [-0.4, -0.2) is 17.7 Å². The molecular weight excluding hydrogens is 327 g/mol. The van der Waals surface area contributed by atoms with Crippen LogP contribution < -0.4 is 10.6 Å². The molecule has 0 spiro atoms. The largest absolute Gasteiger partial charge is 0.383 e. The fourth-order valence-corrected chi connectivity index (χ4v) is 3.42. The highest BCUT2D eigenvalue weighted by Crippen LogP contribution is 2.32. The Morgan fingerprint density at radius 3 is 2.67 bits per heavy atom. The average Bonchev–Trinajstić information content (AvgIpc) is 3.00. The molecule has 0 bridgehead atoms. The van der Waals surface area contributed by atoms with E-state index in [0.717, 1.165) is 15.0 Å². The van der Waals surface area contributed by atoms with Crippen molar-refractivity contribution in [1.82, 2.24) is 5.32 Å².